The Hall–Kier alpha value is -2.23. The number of benzene rings is 1. The molecule has 0 aliphatic carbocycles. The fourth-order valence-corrected chi connectivity index (χ4v) is 2.43. The minimum atomic E-state index is 0. The summed E-state index contributed by atoms with van der Waals surface area (Å²) in [7, 11) is 1.60. The molecule has 0 saturated heterocycles. The molecule has 7 nitrogen and oxygen atoms in total. The quantitative estimate of drug-likeness (QED) is 0.397. The number of aliphatic imine (C=N–C) groups is 1. The van der Waals surface area contributed by atoms with Gasteiger partial charge in [0.15, 0.2) is 17.5 Å². The van der Waals surface area contributed by atoms with Crippen LogP contribution in [0.25, 0.3) is 0 Å². The highest BCUT2D eigenvalue weighted by molar-refractivity contribution is 14.0. The molecule has 2 heterocycles. The highest BCUT2D eigenvalue weighted by atomic mass is 127. The predicted octanol–water partition coefficient (Wildman–Crippen LogP) is 2.84. The maximum atomic E-state index is 5.95. The van der Waals surface area contributed by atoms with Crippen molar-refractivity contribution in [2.24, 2.45) is 10.7 Å². The molecule has 0 spiro atoms. The van der Waals surface area contributed by atoms with Gasteiger partial charge in [0, 0.05) is 42.9 Å². The summed E-state index contributed by atoms with van der Waals surface area (Å²) in [5.41, 5.74) is 7.67. The summed E-state index contributed by atoms with van der Waals surface area (Å²) in [5.74, 6) is 2.41. The Balaban J connectivity index is 0.00000243. The van der Waals surface area contributed by atoms with Crippen molar-refractivity contribution in [1.82, 2.24) is 4.98 Å². The van der Waals surface area contributed by atoms with Crippen molar-refractivity contribution in [1.29, 1.82) is 0 Å². The number of guanidine groups is 1. The molecule has 1 aliphatic rings. The Morgan fingerprint density at radius 2 is 2.04 bits per heavy atom. The number of halogens is 1. The second-order valence-electron chi connectivity index (χ2n) is 5.53. The van der Waals surface area contributed by atoms with Crippen LogP contribution in [0, 0.1) is 0 Å². The van der Waals surface area contributed by atoms with E-state index in [9.17, 15) is 0 Å². The van der Waals surface area contributed by atoms with Crippen LogP contribution in [0.3, 0.4) is 0 Å². The Morgan fingerprint density at radius 3 is 2.85 bits per heavy atom. The number of rotatable bonds is 5. The van der Waals surface area contributed by atoms with Gasteiger partial charge in [-0.2, -0.15) is 0 Å². The molecule has 0 radical (unpaired) electrons. The first kappa shape index (κ1) is 20.1. The zero-order chi connectivity index (χ0) is 17.5. The highest BCUT2D eigenvalue weighted by Gasteiger charge is 2.10. The van der Waals surface area contributed by atoms with E-state index in [1.165, 1.54) is 0 Å². The molecular weight excluding hydrogens is 447 g/mol. The summed E-state index contributed by atoms with van der Waals surface area (Å²) in [5, 5.41) is 3.07. The van der Waals surface area contributed by atoms with Crippen molar-refractivity contribution in [3.8, 4) is 17.4 Å². The molecule has 140 valence electrons. The van der Waals surface area contributed by atoms with Crippen molar-refractivity contribution in [2.45, 2.75) is 12.8 Å². The molecule has 1 aromatic heterocycles. The van der Waals surface area contributed by atoms with Gasteiger partial charge in [-0.3, -0.25) is 4.99 Å². The number of pyridine rings is 1. The first-order valence-electron chi connectivity index (χ1n) is 8.21. The lowest BCUT2D eigenvalue weighted by molar-refractivity contribution is 0.297. The van der Waals surface area contributed by atoms with E-state index in [1.54, 1.807) is 7.11 Å². The zero-order valence-corrected chi connectivity index (χ0v) is 16.9. The van der Waals surface area contributed by atoms with Crippen molar-refractivity contribution in [3.05, 3.63) is 42.1 Å². The zero-order valence-electron chi connectivity index (χ0n) is 14.6. The molecule has 0 amide bonds. The van der Waals surface area contributed by atoms with Crippen LogP contribution in [0.15, 0.2) is 41.4 Å². The van der Waals surface area contributed by atoms with Gasteiger partial charge in [-0.15, -0.1) is 24.0 Å². The number of nitrogens with two attached hydrogens (primary N) is 1. The summed E-state index contributed by atoms with van der Waals surface area (Å²) < 4.78 is 16.4. The lowest BCUT2D eigenvalue weighted by atomic mass is 10.2. The van der Waals surface area contributed by atoms with Crippen LogP contribution in [0.5, 0.6) is 17.4 Å². The standard InChI is InChI=1S/C18H22N4O3.HI/c1-23-17-5-2-4-13(21-17)8-9-20-18(19)22-14-6-7-15-16(12-14)25-11-3-10-24-15;/h2,4-7,12H,3,8-11H2,1H3,(H3,19,20,22);1H. The third kappa shape index (κ3) is 5.65. The van der Waals surface area contributed by atoms with Crippen LogP contribution in [0.2, 0.25) is 0 Å². The third-order valence-corrected chi connectivity index (χ3v) is 3.66. The van der Waals surface area contributed by atoms with Crippen molar-refractivity contribution < 1.29 is 14.2 Å². The van der Waals surface area contributed by atoms with Crippen LogP contribution in [-0.4, -0.2) is 37.8 Å². The van der Waals surface area contributed by atoms with Crippen molar-refractivity contribution >= 4 is 35.6 Å². The molecule has 26 heavy (non-hydrogen) atoms. The maximum absolute atomic E-state index is 5.95. The number of anilines is 1. The van der Waals surface area contributed by atoms with Gasteiger partial charge in [-0.25, -0.2) is 4.98 Å². The van der Waals surface area contributed by atoms with Gasteiger partial charge in [0.25, 0.3) is 0 Å². The number of hydrogen-bond acceptors (Lipinski definition) is 5. The molecule has 0 fully saturated rings. The lowest BCUT2D eigenvalue weighted by Crippen LogP contribution is -2.23. The maximum Gasteiger partial charge on any atom is 0.213 e. The van der Waals surface area contributed by atoms with E-state index in [0.717, 1.165) is 29.3 Å². The normalized spacial score (nSPS) is 13.3. The average Bonchev–Trinajstić information content (AvgIpc) is 2.87. The number of hydrogen-bond donors (Lipinski definition) is 2. The van der Waals surface area contributed by atoms with Gasteiger partial charge < -0.3 is 25.3 Å². The topological polar surface area (TPSA) is 91.0 Å². The minimum absolute atomic E-state index is 0. The molecule has 3 rings (SSSR count). The molecule has 8 heteroatoms. The van der Waals surface area contributed by atoms with Crippen LogP contribution in [-0.2, 0) is 6.42 Å². The van der Waals surface area contributed by atoms with E-state index in [-0.39, 0.29) is 24.0 Å². The second-order valence-corrected chi connectivity index (χ2v) is 5.53. The van der Waals surface area contributed by atoms with E-state index in [4.69, 9.17) is 19.9 Å². The summed E-state index contributed by atoms with van der Waals surface area (Å²) in [4.78, 5) is 8.68. The molecule has 0 bridgehead atoms. The van der Waals surface area contributed by atoms with Crippen LogP contribution >= 0.6 is 24.0 Å². The Labute approximate surface area is 170 Å². The molecule has 0 atom stereocenters. The number of aromatic nitrogens is 1. The number of ether oxygens (including phenoxy) is 3. The van der Waals surface area contributed by atoms with E-state index < -0.39 is 0 Å². The molecule has 3 N–H and O–H groups in total. The largest absolute Gasteiger partial charge is 0.490 e. The van der Waals surface area contributed by atoms with E-state index in [1.807, 2.05) is 36.4 Å². The van der Waals surface area contributed by atoms with Gasteiger partial charge in [0.1, 0.15) is 0 Å². The average molecular weight is 470 g/mol. The van der Waals surface area contributed by atoms with Gasteiger partial charge >= 0.3 is 0 Å². The first-order chi connectivity index (χ1) is 12.2. The van der Waals surface area contributed by atoms with Crippen LogP contribution in [0.4, 0.5) is 5.69 Å². The fourth-order valence-electron chi connectivity index (χ4n) is 2.43. The van der Waals surface area contributed by atoms with Crippen LogP contribution < -0.4 is 25.3 Å². The minimum Gasteiger partial charge on any atom is -0.490 e. The van der Waals surface area contributed by atoms with Crippen molar-refractivity contribution in [3.63, 3.8) is 0 Å². The summed E-state index contributed by atoms with van der Waals surface area (Å²) in [6, 6.07) is 11.3. The second kappa shape index (κ2) is 10.0. The van der Waals surface area contributed by atoms with Crippen molar-refractivity contribution in [2.75, 3.05) is 32.2 Å². The SMILES string of the molecule is COc1cccc(CCN=C(N)Nc2ccc3c(c2)OCCCO3)n1.I. The summed E-state index contributed by atoms with van der Waals surface area (Å²) in [6.45, 7) is 1.85. The third-order valence-electron chi connectivity index (χ3n) is 3.66. The molecule has 0 saturated carbocycles. The van der Waals surface area contributed by atoms with E-state index in [0.29, 0.717) is 38.0 Å². The molecule has 0 unspecified atom stereocenters. The molecule has 1 aromatic carbocycles. The van der Waals surface area contributed by atoms with Gasteiger partial charge in [-0.1, -0.05) is 6.07 Å². The summed E-state index contributed by atoms with van der Waals surface area (Å²) in [6.07, 6.45) is 1.56. The number of methoxy groups -OCH3 is 1. The Kier molecular flexibility index (Phi) is 7.76. The smallest absolute Gasteiger partial charge is 0.213 e. The summed E-state index contributed by atoms with van der Waals surface area (Å²) >= 11 is 0. The van der Waals surface area contributed by atoms with E-state index >= 15 is 0 Å². The first-order valence-corrected chi connectivity index (χ1v) is 8.21. The lowest BCUT2D eigenvalue weighted by Gasteiger charge is -2.10. The number of nitrogens with one attached hydrogen (secondary N) is 1. The van der Waals surface area contributed by atoms with Gasteiger partial charge in [0.05, 0.1) is 20.3 Å². The number of nitrogens with zero attached hydrogens (tertiary/aromatic N) is 2. The highest BCUT2D eigenvalue weighted by Crippen LogP contribution is 2.32. The van der Waals surface area contributed by atoms with E-state index in [2.05, 4.69) is 15.3 Å². The van der Waals surface area contributed by atoms with Gasteiger partial charge in [0.2, 0.25) is 5.88 Å². The van der Waals surface area contributed by atoms with Gasteiger partial charge in [-0.05, 0) is 18.2 Å². The monoisotopic (exact) mass is 470 g/mol. The molecular formula is C18H23IN4O3. The fraction of sp³-hybridized carbons (Fsp3) is 0.333. The van der Waals surface area contributed by atoms with Crippen LogP contribution in [0.1, 0.15) is 12.1 Å². The molecule has 2 aromatic rings. The Bertz CT molecular complexity index is 755. The molecule has 1 aliphatic heterocycles. The number of fused-ring (bicyclic) bond motifs is 1. The predicted molar refractivity (Wildman–Crippen MR) is 112 cm³/mol. The Morgan fingerprint density at radius 1 is 1.23 bits per heavy atom.